The van der Waals surface area contributed by atoms with Gasteiger partial charge in [-0.25, -0.2) is 4.57 Å². The van der Waals surface area contributed by atoms with Crippen LogP contribution in [0.5, 0.6) is 0 Å². The number of carbonyl (C=O) groups is 1. The zero-order chi connectivity index (χ0) is 23.7. The molecule has 0 saturated carbocycles. The van der Waals surface area contributed by atoms with Crippen molar-refractivity contribution >= 4 is 34.3 Å². The molecule has 2 aromatic heterocycles. The van der Waals surface area contributed by atoms with Crippen LogP contribution in [0.25, 0.3) is 22.4 Å². The summed E-state index contributed by atoms with van der Waals surface area (Å²) < 4.78 is 3.44. The number of hydrogen-bond donors (Lipinski definition) is 1. The molecule has 7 nitrogen and oxygen atoms in total. The van der Waals surface area contributed by atoms with Crippen molar-refractivity contribution in [3.8, 4) is 5.69 Å². The number of para-hydroxylation sites is 2. The first-order valence-electron chi connectivity index (χ1n) is 11.0. The van der Waals surface area contributed by atoms with E-state index in [0.717, 1.165) is 16.8 Å². The number of amides is 1. The summed E-state index contributed by atoms with van der Waals surface area (Å²) in [6.45, 7) is 3.91. The van der Waals surface area contributed by atoms with Crippen molar-refractivity contribution in [3.63, 3.8) is 0 Å². The van der Waals surface area contributed by atoms with Crippen LogP contribution in [-0.4, -0.2) is 30.8 Å². The Bertz CT molecular complexity index is 1560. The maximum atomic E-state index is 13.4. The normalized spacial score (nSPS) is 12.2. The van der Waals surface area contributed by atoms with Gasteiger partial charge in [-0.2, -0.15) is 0 Å². The molecule has 1 N–H and O–H groups in total. The smallest absolute Gasteiger partial charge is 0.267 e. The zero-order valence-electron chi connectivity index (χ0n) is 18.8. The Kier molecular flexibility index (Phi) is 5.90. The Hall–Kier alpha value is -3.91. The molecular weight excluding hydrogens is 446 g/mol. The van der Waals surface area contributed by atoms with Crippen molar-refractivity contribution in [1.82, 2.24) is 24.5 Å². The predicted molar refractivity (Wildman–Crippen MR) is 135 cm³/mol. The van der Waals surface area contributed by atoms with Crippen molar-refractivity contribution in [3.05, 3.63) is 100 Å². The average Bonchev–Trinajstić information content (AvgIpc) is 3.28. The zero-order valence-corrected chi connectivity index (χ0v) is 19.6. The average molecular weight is 470 g/mol. The summed E-state index contributed by atoms with van der Waals surface area (Å²) in [7, 11) is 0. The van der Waals surface area contributed by atoms with Crippen LogP contribution in [-0.2, 0) is 4.79 Å². The summed E-state index contributed by atoms with van der Waals surface area (Å²) in [5.41, 5.74) is 3.30. The largest absolute Gasteiger partial charge is 0.349 e. The minimum atomic E-state index is -0.157. The van der Waals surface area contributed by atoms with Gasteiger partial charge >= 0.3 is 0 Å². The van der Waals surface area contributed by atoms with Crippen LogP contribution in [0, 0.1) is 6.92 Å². The monoisotopic (exact) mass is 469 g/mol. The molecule has 0 saturated heterocycles. The fourth-order valence-corrected chi connectivity index (χ4v) is 4.79. The fourth-order valence-electron chi connectivity index (χ4n) is 4.04. The molecule has 0 spiro atoms. The Morgan fingerprint density at radius 2 is 1.68 bits per heavy atom. The standard InChI is InChI=1S/C26H23N5O2S/c1-17-10-6-8-14-21(17)30-24(33)20-13-7-9-15-22(20)31-25(30)28-29-26(31)34-16-23(32)27-18(2)19-11-4-3-5-12-19/h3-15,18H,16H2,1-2H3,(H,27,32). The summed E-state index contributed by atoms with van der Waals surface area (Å²) in [5, 5.41) is 12.8. The summed E-state index contributed by atoms with van der Waals surface area (Å²) in [6.07, 6.45) is 0. The number of hydrogen-bond acceptors (Lipinski definition) is 5. The molecule has 170 valence electrons. The molecule has 0 radical (unpaired) electrons. The van der Waals surface area contributed by atoms with E-state index >= 15 is 0 Å². The van der Waals surface area contributed by atoms with E-state index in [9.17, 15) is 9.59 Å². The number of benzene rings is 3. The molecule has 1 amide bonds. The molecule has 1 unspecified atom stereocenters. The number of aryl methyl sites for hydroxylation is 1. The lowest BCUT2D eigenvalue weighted by molar-refractivity contribution is -0.119. The van der Waals surface area contributed by atoms with Crippen LogP contribution in [0.3, 0.4) is 0 Å². The van der Waals surface area contributed by atoms with Crippen LogP contribution < -0.4 is 10.9 Å². The first kappa shape index (κ1) is 21.9. The van der Waals surface area contributed by atoms with Gasteiger partial charge < -0.3 is 5.32 Å². The van der Waals surface area contributed by atoms with E-state index in [1.54, 1.807) is 10.6 Å². The Morgan fingerprint density at radius 3 is 2.47 bits per heavy atom. The molecule has 5 aromatic rings. The Labute approximate surface area is 200 Å². The van der Waals surface area contributed by atoms with Crippen LogP contribution >= 0.6 is 11.8 Å². The van der Waals surface area contributed by atoms with Crippen LogP contribution in [0.1, 0.15) is 24.1 Å². The molecule has 8 heteroatoms. The van der Waals surface area contributed by atoms with E-state index in [-0.39, 0.29) is 23.3 Å². The lowest BCUT2D eigenvalue weighted by atomic mass is 10.1. The second kappa shape index (κ2) is 9.15. The van der Waals surface area contributed by atoms with Crippen molar-refractivity contribution in [2.24, 2.45) is 0 Å². The van der Waals surface area contributed by atoms with E-state index in [4.69, 9.17) is 0 Å². The third kappa shape index (κ3) is 3.97. The SMILES string of the molecule is Cc1ccccc1-n1c(=O)c2ccccc2n2c(SCC(=O)NC(C)c3ccccc3)nnc12. The van der Waals surface area contributed by atoms with Crippen molar-refractivity contribution in [2.45, 2.75) is 25.0 Å². The maximum absolute atomic E-state index is 13.4. The topological polar surface area (TPSA) is 81.3 Å². The number of aromatic nitrogens is 4. The van der Waals surface area contributed by atoms with Crippen LogP contribution in [0.2, 0.25) is 0 Å². The summed E-state index contributed by atoms with van der Waals surface area (Å²) in [6, 6.07) is 24.8. The van der Waals surface area contributed by atoms with Gasteiger partial charge in [-0.05, 0) is 43.2 Å². The van der Waals surface area contributed by atoms with Crippen LogP contribution in [0.4, 0.5) is 0 Å². The molecule has 0 aliphatic heterocycles. The number of carbonyl (C=O) groups excluding carboxylic acids is 1. The highest BCUT2D eigenvalue weighted by Crippen LogP contribution is 2.24. The molecule has 3 aromatic carbocycles. The van der Waals surface area contributed by atoms with E-state index in [1.807, 2.05) is 91.0 Å². The molecule has 5 rings (SSSR count). The molecule has 0 aliphatic rings. The van der Waals surface area contributed by atoms with Gasteiger partial charge in [0, 0.05) is 0 Å². The molecule has 0 aliphatic carbocycles. The quantitative estimate of drug-likeness (QED) is 0.375. The van der Waals surface area contributed by atoms with Gasteiger partial charge in [0.25, 0.3) is 5.56 Å². The Balaban J connectivity index is 1.52. The number of nitrogens with one attached hydrogen (secondary N) is 1. The third-order valence-corrected chi connectivity index (χ3v) is 6.69. The molecular formula is C26H23N5O2S. The van der Waals surface area contributed by atoms with Crippen molar-refractivity contribution < 1.29 is 4.79 Å². The number of fused-ring (bicyclic) bond motifs is 3. The first-order chi connectivity index (χ1) is 16.5. The lowest BCUT2D eigenvalue weighted by Crippen LogP contribution is -2.28. The number of nitrogens with zero attached hydrogens (tertiary/aromatic N) is 4. The van der Waals surface area contributed by atoms with Gasteiger partial charge in [0.15, 0.2) is 5.16 Å². The highest BCUT2D eigenvalue weighted by molar-refractivity contribution is 7.99. The molecule has 0 fully saturated rings. The van der Waals surface area contributed by atoms with E-state index in [1.165, 1.54) is 11.8 Å². The molecule has 1 atom stereocenters. The lowest BCUT2D eigenvalue weighted by Gasteiger charge is -2.14. The predicted octanol–water partition coefficient (Wildman–Crippen LogP) is 4.31. The summed E-state index contributed by atoms with van der Waals surface area (Å²) >= 11 is 1.29. The highest BCUT2D eigenvalue weighted by Gasteiger charge is 2.19. The van der Waals surface area contributed by atoms with Gasteiger partial charge in [-0.15, -0.1) is 10.2 Å². The maximum Gasteiger partial charge on any atom is 0.267 e. The van der Waals surface area contributed by atoms with Gasteiger partial charge in [-0.3, -0.25) is 14.0 Å². The molecule has 0 bridgehead atoms. The summed E-state index contributed by atoms with van der Waals surface area (Å²) in [5.74, 6) is 0.490. The number of thioether (sulfide) groups is 1. The van der Waals surface area contributed by atoms with E-state index in [0.29, 0.717) is 21.8 Å². The van der Waals surface area contributed by atoms with Crippen molar-refractivity contribution in [1.29, 1.82) is 0 Å². The van der Waals surface area contributed by atoms with E-state index in [2.05, 4.69) is 15.5 Å². The first-order valence-corrected chi connectivity index (χ1v) is 11.9. The minimum Gasteiger partial charge on any atom is -0.349 e. The second-order valence-electron chi connectivity index (χ2n) is 8.05. The van der Waals surface area contributed by atoms with Crippen molar-refractivity contribution in [2.75, 3.05) is 5.75 Å². The minimum absolute atomic E-state index is 0.100. The van der Waals surface area contributed by atoms with Gasteiger partial charge in [0.05, 0.1) is 28.4 Å². The van der Waals surface area contributed by atoms with Gasteiger partial charge in [0.1, 0.15) is 0 Å². The molecule has 2 heterocycles. The van der Waals surface area contributed by atoms with Gasteiger partial charge in [0.2, 0.25) is 11.7 Å². The van der Waals surface area contributed by atoms with Gasteiger partial charge in [-0.1, -0.05) is 72.4 Å². The van der Waals surface area contributed by atoms with Crippen LogP contribution in [0.15, 0.2) is 88.8 Å². The number of rotatable bonds is 6. The molecule has 34 heavy (non-hydrogen) atoms. The Morgan fingerprint density at radius 1 is 0.971 bits per heavy atom. The third-order valence-electron chi connectivity index (χ3n) is 5.76. The highest BCUT2D eigenvalue weighted by atomic mass is 32.2. The summed E-state index contributed by atoms with van der Waals surface area (Å²) in [4.78, 5) is 26.1. The van der Waals surface area contributed by atoms with E-state index < -0.39 is 0 Å². The fraction of sp³-hybridized carbons (Fsp3) is 0.154. The second-order valence-corrected chi connectivity index (χ2v) is 8.99.